The Labute approximate surface area is 186 Å². The molecule has 164 valence electrons. The maximum Gasteiger partial charge on any atom is 0.416 e. The highest BCUT2D eigenvalue weighted by Crippen LogP contribution is 2.30. The first-order valence-electron chi connectivity index (χ1n) is 9.27. The van der Waals surface area contributed by atoms with E-state index in [1.54, 1.807) is 12.1 Å². The van der Waals surface area contributed by atoms with Crippen molar-refractivity contribution >= 4 is 40.6 Å². The maximum atomic E-state index is 12.8. The number of nitrogens with zero attached hydrogens (tertiary/aromatic N) is 3. The topological polar surface area (TPSA) is 71.8 Å². The average molecular weight is 470 g/mol. The van der Waals surface area contributed by atoms with Gasteiger partial charge in [-0.05, 0) is 49.4 Å². The number of rotatable bonds is 8. The number of hydrogen-bond donors (Lipinski definition) is 2. The fourth-order valence-corrected chi connectivity index (χ4v) is 3.67. The van der Waals surface area contributed by atoms with Crippen LogP contribution >= 0.6 is 23.4 Å². The lowest BCUT2D eigenvalue weighted by molar-refractivity contribution is -0.137. The molecular formula is C20H19ClF3N5OS. The number of carbonyl (C=O) groups excluding carboxylic acids is 1. The second-order valence-electron chi connectivity index (χ2n) is 6.42. The smallest absolute Gasteiger partial charge is 0.378 e. The van der Waals surface area contributed by atoms with E-state index >= 15 is 0 Å². The Hall–Kier alpha value is -2.72. The normalized spacial score (nSPS) is 11.4. The molecule has 0 aliphatic rings. The first-order chi connectivity index (χ1) is 14.8. The molecule has 0 saturated carbocycles. The number of aromatic nitrogens is 3. The summed E-state index contributed by atoms with van der Waals surface area (Å²) in [4.78, 5) is 12.2. The van der Waals surface area contributed by atoms with Crippen molar-refractivity contribution in [3.05, 3.63) is 64.9 Å². The maximum absolute atomic E-state index is 12.8. The summed E-state index contributed by atoms with van der Waals surface area (Å²) in [6, 6.07) is 11.8. The van der Waals surface area contributed by atoms with Gasteiger partial charge in [0.05, 0.1) is 17.9 Å². The zero-order valence-electron chi connectivity index (χ0n) is 16.4. The molecule has 31 heavy (non-hydrogen) atoms. The number of benzene rings is 2. The van der Waals surface area contributed by atoms with Crippen LogP contribution in [0.15, 0.2) is 53.7 Å². The van der Waals surface area contributed by atoms with Crippen LogP contribution in [-0.2, 0) is 24.1 Å². The predicted octanol–water partition coefficient (Wildman–Crippen LogP) is 5.31. The summed E-state index contributed by atoms with van der Waals surface area (Å²) in [6.45, 7) is 2.96. The zero-order valence-corrected chi connectivity index (χ0v) is 18.0. The molecule has 0 unspecified atom stereocenters. The van der Waals surface area contributed by atoms with Crippen LogP contribution in [0.3, 0.4) is 0 Å². The number of anilines is 2. The van der Waals surface area contributed by atoms with Crippen LogP contribution in [-0.4, -0.2) is 26.4 Å². The summed E-state index contributed by atoms with van der Waals surface area (Å²) >= 11 is 7.04. The van der Waals surface area contributed by atoms with Crippen LogP contribution in [0.25, 0.3) is 0 Å². The number of halogens is 4. The molecule has 6 nitrogen and oxygen atoms in total. The summed E-state index contributed by atoms with van der Waals surface area (Å²) in [6.07, 6.45) is -4.47. The molecule has 2 aromatic carbocycles. The van der Waals surface area contributed by atoms with Crippen molar-refractivity contribution in [2.45, 2.75) is 31.3 Å². The van der Waals surface area contributed by atoms with Crippen molar-refractivity contribution in [3.63, 3.8) is 0 Å². The molecule has 1 amide bonds. The van der Waals surface area contributed by atoms with Crippen molar-refractivity contribution in [2.75, 3.05) is 16.4 Å². The molecule has 3 aromatic rings. The molecule has 0 aliphatic heterocycles. The molecule has 2 N–H and O–H groups in total. The molecule has 3 rings (SSSR count). The van der Waals surface area contributed by atoms with E-state index < -0.39 is 17.6 Å². The number of amides is 1. The minimum absolute atomic E-state index is 0.0149. The molecule has 0 bridgehead atoms. The van der Waals surface area contributed by atoms with Gasteiger partial charge in [-0.2, -0.15) is 13.2 Å². The van der Waals surface area contributed by atoms with E-state index in [0.29, 0.717) is 29.1 Å². The molecule has 0 atom stereocenters. The van der Waals surface area contributed by atoms with E-state index in [2.05, 4.69) is 20.8 Å². The number of alkyl halides is 3. The van der Waals surface area contributed by atoms with Gasteiger partial charge >= 0.3 is 6.18 Å². The Morgan fingerprint density at radius 1 is 1.13 bits per heavy atom. The highest BCUT2D eigenvalue weighted by Gasteiger charge is 2.30. The summed E-state index contributed by atoms with van der Waals surface area (Å²) in [5, 5.41) is 15.2. The highest BCUT2D eigenvalue weighted by molar-refractivity contribution is 7.99. The fourth-order valence-electron chi connectivity index (χ4n) is 2.72. The van der Waals surface area contributed by atoms with Crippen molar-refractivity contribution in [1.29, 1.82) is 0 Å². The minimum atomic E-state index is -4.47. The van der Waals surface area contributed by atoms with E-state index in [1.807, 2.05) is 23.6 Å². The van der Waals surface area contributed by atoms with E-state index in [4.69, 9.17) is 11.6 Å². The molecule has 0 aliphatic carbocycles. The lowest BCUT2D eigenvalue weighted by atomic mass is 10.2. The van der Waals surface area contributed by atoms with Gasteiger partial charge in [0.25, 0.3) is 0 Å². The Bertz CT molecular complexity index is 1040. The van der Waals surface area contributed by atoms with Gasteiger partial charge in [0.15, 0.2) is 11.0 Å². The monoisotopic (exact) mass is 469 g/mol. The summed E-state index contributed by atoms with van der Waals surface area (Å²) < 4.78 is 40.3. The quantitative estimate of drug-likeness (QED) is 0.437. The highest BCUT2D eigenvalue weighted by atomic mass is 35.5. The van der Waals surface area contributed by atoms with Gasteiger partial charge in [0, 0.05) is 22.9 Å². The third-order valence-corrected chi connectivity index (χ3v) is 5.43. The molecule has 1 aromatic heterocycles. The van der Waals surface area contributed by atoms with Crippen LogP contribution in [0.4, 0.5) is 24.5 Å². The predicted molar refractivity (Wildman–Crippen MR) is 115 cm³/mol. The Kier molecular flexibility index (Phi) is 7.45. The van der Waals surface area contributed by atoms with Gasteiger partial charge < -0.3 is 15.2 Å². The lowest BCUT2D eigenvalue weighted by Crippen LogP contribution is -2.15. The zero-order chi connectivity index (χ0) is 22.4. The molecule has 0 radical (unpaired) electrons. The second-order valence-corrected chi connectivity index (χ2v) is 7.80. The van der Waals surface area contributed by atoms with Crippen LogP contribution in [0, 0.1) is 0 Å². The number of carbonyl (C=O) groups is 1. The number of nitrogens with one attached hydrogen (secondary N) is 2. The van der Waals surface area contributed by atoms with Gasteiger partial charge in [0.2, 0.25) is 5.91 Å². The van der Waals surface area contributed by atoms with Crippen molar-refractivity contribution in [3.8, 4) is 0 Å². The van der Waals surface area contributed by atoms with Gasteiger partial charge in [-0.15, -0.1) is 10.2 Å². The van der Waals surface area contributed by atoms with Crippen molar-refractivity contribution in [2.24, 2.45) is 0 Å². The van der Waals surface area contributed by atoms with E-state index in [1.165, 1.54) is 12.1 Å². The molecule has 0 fully saturated rings. The molecular weight excluding hydrogens is 451 g/mol. The van der Waals surface area contributed by atoms with E-state index in [0.717, 1.165) is 29.6 Å². The lowest BCUT2D eigenvalue weighted by Gasteiger charge is -2.10. The van der Waals surface area contributed by atoms with Crippen molar-refractivity contribution in [1.82, 2.24) is 14.8 Å². The summed E-state index contributed by atoms with van der Waals surface area (Å²) in [5.74, 6) is 0.243. The van der Waals surface area contributed by atoms with Gasteiger partial charge in [-0.1, -0.05) is 29.4 Å². The third-order valence-electron chi connectivity index (χ3n) is 4.21. The Morgan fingerprint density at radius 2 is 1.87 bits per heavy atom. The number of thioether (sulfide) groups is 1. The first-order valence-corrected chi connectivity index (χ1v) is 10.6. The standard InChI is InChI=1S/C20H19ClF3N5OS/c1-2-29-17(11-25-15-8-6-14(21)7-9-15)27-28-19(29)31-12-18(30)26-16-5-3-4-13(10-16)20(22,23)24/h3-10,25H,2,11-12H2,1H3,(H,26,30). The molecule has 0 saturated heterocycles. The van der Waals surface area contributed by atoms with Gasteiger partial charge in [-0.25, -0.2) is 0 Å². The third kappa shape index (κ3) is 6.38. The molecule has 11 heteroatoms. The van der Waals surface area contributed by atoms with Crippen LogP contribution in [0.5, 0.6) is 0 Å². The SMILES string of the molecule is CCn1c(CNc2ccc(Cl)cc2)nnc1SCC(=O)Nc1cccc(C(F)(F)F)c1. The molecule has 1 heterocycles. The Balaban J connectivity index is 1.57. The number of hydrogen-bond acceptors (Lipinski definition) is 5. The minimum Gasteiger partial charge on any atom is -0.378 e. The Morgan fingerprint density at radius 3 is 2.55 bits per heavy atom. The average Bonchev–Trinajstić information content (AvgIpc) is 3.13. The second kappa shape index (κ2) is 10.1. The largest absolute Gasteiger partial charge is 0.416 e. The van der Waals surface area contributed by atoms with Crippen LogP contribution < -0.4 is 10.6 Å². The van der Waals surface area contributed by atoms with Crippen LogP contribution in [0.2, 0.25) is 5.02 Å². The first kappa shape index (κ1) is 23.0. The van der Waals surface area contributed by atoms with Gasteiger partial charge in [0.1, 0.15) is 0 Å². The van der Waals surface area contributed by atoms with Gasteiger partial charge in [-0.3, -0.25) is 4.79 Å². The van der Waals surface area contributed by atoms with E-state index in [-0.39, 0.29) is 11.4 Å². The summed E-state index contributed by atoms with van der Waals surface area (Å²) in [7, 11) is 0. The van der Waals surface area contributed by atoms with Crippen LogP contribution in [0.1, 0.15) is 18.3 Å². The molecule has 0 spiro atoms. The van der Waals surface area contributed by atoms with Crippen molar-refractivity contribution < 1.29 is 18.0 Å². The fraction of sp³-hybridized carbons (Fsp3) is 0.250. The summed E-state index contributed by atoms with van der Waals surface area (Å²) in [5.41, 5.74) is 0.150. The van der Waals surface area contributed by atoms with E-state index in [9.17, 15) is 18.0 Å².